The number of carbonyl (C=O) groups is 2. The highest BCUT2D eigenvalue weighted by atomic mass is 16.5. The SMILES string of the molecule is CCN(CC(=O)O)C1CCN(C(=O)NC2CC(OC(C)C)C2(C)C)CC1. The lowest BCUT2D eigenvalue weighted by Gasteiger charge is -2.52. The molecule has 7 nitrogen and oxygen atoms in total. The van der Waals surface area contributed by atoms with Crippen molar-refractivity contribution in [1.29, 1.82) is 0 Å². The molecular formula is C19H35N3O4. The number of likely N-dealkylation sites (N-methyl/N-ethyl adjacent to an activating group) is 1. The normalized spacial score (nSPS) is 26.0. The molecule has 2 fully saturated rings. The Morgan fingerprint density at radius 1 is 1.31 bits per heavy atom. The van der Waals surface area contributed by atoms with Crippen LogP contribution in [0, 0.1) is 5.41 Å². The number of piperidine rings is 1. The van der Waals surface area contributed by atoms with Gasteiger partial charge in [0, 0.05) is 30.6 Å². The quantitative estimate of drug-likeness (QED) is 0.719. The number of aliphatic carboxylic acids is 1. The Balaban J connectivity index is 1.79. The molecule has 0 bridgehead atoms. The Morgan fingerprint density at radius 2 is 1.92 bits per heavy atom. The van der Waals surface area contributed by atoms with E-state index in [1.807, 2.05) is 30.6 Å². The summed E-state index contributed by atoms with van der Waals surface area (Å²) >= 11 is 0. The molecule has 1 saturated heterocycles. The fourth-order valence-corrected chi connectivity index (χ4v) is 4.04. The van der Waals surface area contributed by atoms with Crippen LogP contribution in [0.25, 0.3) is 0 Å². The van der Waals surface area contributed by atoms with Gasteiger partial charge in [-0.3, -0.25) is 9.69 Å². The van der Waals surface area contributed by atoms with Crippen LogP contribution in [0.15, 0.2) is 0 Å². The number of hydrogen-bond acceptors (Lipinski definition) is 4. The van der Waals surface area contributed by atoms with Crippen molar-refractivity contribution in [3.63, 3.8) is 0 Å². The Hall–Kier alpha value is -1.34. The smallest absolute Gasteiger partial charge is 0.317 e. The number of nitrogens with one attached hydrogen (secondary N) is 1. The lowest BCUT2D eigenvalue weighted by Crippen LogP contribution is -2.64. The summed E-state index contributed by atoms with van der Waals surface area (Å²) in [5.74, 6) is -0.794. The van der Waals surface area contributed by atoms with E-state index in [0.717, 1.165) is 25.8 Å². The first-order valence-electron chi connectivity index (χ1n) is 9.81. The molecule has 2 atom stereocenters. The highest BCUT2D eigenvalue weighted by Gasteiger charge is 2.50. The van der Waals surface area contributed by atoms with Crippen molar-refractivity contribution in [2.45, 2.75) is 78.2 Å². The minimum Gasteiger partial charge on any atom is -0.480 e. The van der Waals surface area contributed by atoms with E-state index in [9.17, 15) is 9.59 Å². The monoisotopic (exact) mass is 369 g/mol. The molecule has 1 aliphatic heterocycles. The first-order chi connectivity index (χ1) is 12.1. The molecule has 0 spiro atoms. The third-order valence-corrected chi connectivity index (χ3v) is 5.92. The minimum absolute atomic E-state index is 0.00851. The predicted molar refractivity (Wildman–Crippen MR) is 100 cm³/mol. The van der Waals surface area contributed by atoms with Gasteiger partial charge in [0.1, 0.15) is 0 Å². The van der Waals surface area contributed by atoms with Crippen LogP contribution in [-0.2, 0) is 9.53 Å². The number of amides is 2. The van der Waals surface area contributed by atoms with E-state index in [-0.39, 0.29) is 42.3 Å². The number of urea groups is 1. The average molecular weight is 370 g/mol. The summed E-state index contributed by atoms with van der Waals surface area (Å²) in [7, 11) is 0. The summed E-state index contributed by atoms with van der Waals surface area (Å²) in [5.41, 5.74) is -0.0568. The highest BCUT2D eigenvalue weighted by Crippen LogP contribution is 2.43. The van der Waals surface area contributed by atoms with Crippen LogP contribution in [0.2, 0.25) is 0 Å². The van der Waals surface area contributed by atoms with Crippen LogP contribution in [0.5, 0.6) is 0 Å². The van der Waals surface area contributed by atoms with Gasteiger partial charge in [-0.15, -0.1) is 0 Å². The van der Waals surface area contributed by atoms with Gasteiger partial charge in [0.2, 0.25) is 0 Å². The number of rotatable bonds is 7. The van der Waals surface area contributed by atoms with E-state index in [4.69, 9.17) is 9.84 Å². The maximum absolute atomic E-state index is 12.6. The van der Waals surface area contributed by atoms with Crippen LogP contribution < -0.4 is 5.32 Å². The van der Waals surface area contributed by atoms with Gasteiger partial charge in [-0.05, 0) is 39.7 Å². The molecule has 2 rings (SSSR count). The van der Waals surface area contributed by atoms with Gasteiger partial charge >= 0.3 is 12.0 Å². The molecule has 2 amide bonds. The molecule has 26 heavy (non-hydrogen) atoms. The van der Waals surface area contributed by atoms with Crippen molar-refractivity contribution in [3.8, 4) is 0 Å². The van der Waals surface area contributed by atoms with Gasteiger partial charge < -0.3 is 20.1 Å². The third-order valence-electron chi connectivity index (χ3n) is 5.92. The van der Waals surface area contributed by atoms with E-state index in [1.54, 1.807) is 0 Å². The van der Waals surface area contributed by atoms with Crippen molar-refractivity contribution in [2.24, 2.45) is 5.41 Å². The number of carboxylic acid groups (broad SMARTS) is 1. The van der Waals surface area contributed by atoms with Crippen LogP contribution in [0.3, 0.4) is 0 Å². The second kappa shape index (κ2) is 8.57. The fraction of sp³-hybridized carbons (Fsp3) is 0.895. The van der Waals surface area contributed by atoms with Crippen LogP contribution in [0.1, 0.15) is 53.9 Å². The molecule has 2 aliphatic rings. The lowest BCUT2D eigenvalue weighted by molar-refractivity contribution is -0.139. The summed E-state index contributed by atoms with van der Waals surface area (Å²) in [6, 6.07) is 0.366. The second-order valence-electron chi connectivity index (χ2n) is 8.41. The summed E-state index contributed by atoms with van der Waals surface area (Å²) in [6.45, 7) is 12.5. The Labute approximate surface area is 157 Å². The summed E-state index contributed by atoms with van der Waals surface area (Å²) in [4.78, 5) is 27.4. The molecule has 150 valence electrons. The standard InChI is InChI=1S/C19H35N3O4/c1-6-21(12-17(23)24)14-7-9-22(10-8-14)18(25)20-15-11-16(19(15,4)5)26-13(2)3/h13-16H,6-12H2,1-5H3,(H,20,25)(H,23,24). The number of likely N-dealkylation sites (tertiary alicyclic amines) is 1. The molecule has 1 aliphatic carbocycles. The van der Waals surface area contributed by atoms with Crippen LogP contribution in [-0.4, -0.2) is 77.4 Å². The molecule has 1 heterocycles. The van der Waals surface area contributed by atoms with E-state index >= 15 is 0 Å². The number of nitrogens with zero attached hydrogens (tertiary/aromatic N) is 2. The van der Waals surface area contributed by atoms with Crippen molar-refractivity contribution in [3.05, 3.63) is 0 Å². The van der Waals surface area contributed by atoms with Crippen molar-refractivity contribution in [1.82, 2.24) is 15.1 Å². The largest absolute Gasteiger partial charge is 0.480 e. The molecule has 0 aromatic carbocycles. The maximum Gasteiger partial charge on any atom is 0.317 e. The highest BCUT2D eigenvalue weighted by molar-refractivity contribution is 5.75. The summed E-state index contributed by atoms with van der Waals surface area (Å²) in [5, 5.41) is 12.2. The number of hydrogen-bond donors (Lipinski definition) is 2. The molecular weight excluding hydrogens is 334 g/mol. The zero-order valence-corrected chi connectivity index (χ0v) is 16.8. The van der Waals surface area contributed by atoms with Crippen molar-refractivity contribution >= 4 is 12.0 Å². The van der Waals surface area contributed by atoms with Crippen molar-refractivity contribution < 1.29 is 19.4 Å². The van der Waals surface area contributed by atoms with Gasteiger partial charge in [-0.2, -0.15) is 0 Å². The summed E-state index contributed by atoms with van der Waals surface area (Å²) < 4.78 is 5.92. The molecule has 1 saturated carbocycles. The predicted octanol–water partition coefficient (Wildman–Crippen LogP) is 2.16. The van der Waals surface area contributed by atoms with E-state index in [2.05, 4.69) is 19.2 Å². The third kappa shape index (κ3) is 4.88. The molecule has 2 unspecified atom stereocenters. The van der Waals surface area contributed by atoms with E-state index in [0.29, 0.717) is 13.1 Å². The zero-order chi connectivity index (χ0) is 19.5. The van der Waals surface area contributed by atoms with Crippen molar-refractivity contribution in [2.75, 3.05) is 26.2 Å². The van der Waals surface area contributed by atoms with Crippen LogP contribution in [0.4, 0.5) is 4.79 Å². The Kier molecular flexibility index (Phi) is 6.91. The minimum atomic E-state index is -0.794. The topological polar surface area (TPSA) is 82.1 Å². The molecule has 0 aromatic rings. The van der Waals surface area contributed by atoms with E-state index < -0.39 is 5.97 Å². The molecule has 2 N–H and O–H groups in total. The molecule has 7 heteroatoms. The number of carbonyl (C=O) groups excluding carboxylic acids is 1. The molecule has 0 aromatic heterocycles. The molecule has 0 radical (unpaired) electrons. The number of ether oxygens (including phenoxy) is 1. The van der Waals surface area contributed by atoms with Gasteiger partial charge in [0.15, 0.2) is 0 Å². The van der Waals surface area contributed by atoms with Gasteiger partial charge in [0.05, 0.1) is 18.8 Å². The van der Waals surface area contributed by atoms with Crippen LogP contribution >= 0.6 is 0 Å². The fourth-order valence-electron chi connectivity index (χ4n) is 4.04. The number of carboxylic acids is 1. The van der Waals surface area contributed by atoms with Gasteiger partial charge in [-0.25, -0.2) is 4.79 Å². The van der Waals surface area contributed by atoms with E-state index in [1.165, 1.54) is 0 Å². The maximum atomic E-state index is 12.6. The first-order valence-corrected chi connectivity index (χ1v) is 9.81. The van der Waals surface area contributed by atoms with Gasteiger partial charge in [-0.1, -0.05) is 20.8 Å². The lowest BCUT2D eigenvalue weighted by atomic mass is 9.64. The zero-order valence-electron chi connectivity index (χ0n) is 16.8. The average Bonchev–Trinajstić information content (AvgIpc) is 2.58. The van der Waals surface area contributed by atoms with Gasteiger partial charge in [0.25, 0.3) is 0 Å². The summed E-state index contributed by atoms with van der Waals surface area (Å²) in [6.07, 6.45) is 2.88. The second-order valence-corrected chi connectivity index (χ2v) is 8.41. The Bertz CT molecular complexity index is 501. The Morgan fingerprint density at radius 3 is 2.38 bits per heavy atom. The first kappa shape index (κ1) is 21.0.